The van der Waals surface area contributed by atoms with Gasteiger partial charge in [-0.15, -0.1) is 5.06 Å². The van der Waals surface area contributed by atoms with Gasteiger partial charge in [0.2, 0.25) is 5.75 Å². The number of nitrogens with one attached hydrogen (secondary N) is 1. The summed E-state index contributed by atoms with van der Waals surface area (Å²) in [5.41, 5.74) is 6.36. The minimum Gasteiger partial charge on any atom is -0.601 e. The summed E-state index contributed by atoms with van der Waals surface area (Å²) in [7, 11) is 5.77. The normalized spacial score (nSPS) is 15.1. The first-order chi connectivity index (χ1) is 13.9. The second-order valence-corrected chi connectivity index (χ2v) is 5.75. The van der Waals surface area contributed by atoms with Crippen LogP contribution in [-0.4, -0.2) is 40.4 Å². The molecule has 3 rings (SSSR count). The zero-order chi connectivity index (χ0) is 21.1. The Morgan fingerprint density at radius 2 is 1.69 bits per heavy atom. The highest BCUT2D eigenvalue weighted by atomic mass is 16.7. The molecule has 154 valence electrons. The molecule has 0 spiro atoms. The maximum Gasteiger partial charge on any atom is 0.364 e. The minimum atomic E-state index is -0.779. The molecular weight excluding hydrogens is 384 g/mol. The summed E-state index contributed by atoms with van der Waals surface area (Å²) >= 11 is 0. The van der Waals surface area contributed by atoms with Gasteiger partial charge >= 0.3 is 5.97 Å². The molecule has 0 radical (unpaired) electrons. The van der Waals surface area contributed by atoms with Crippen molar-refractivity contribution in [2.24, 2.45) is 10.8 Å². The van der Waals surface area contributed by atoms with E-state index in [0.29, 0.717) is 11.5 Å². The topological polar surface area (TPSA) is 132 Å². The fourth-order valence-electron chi connectivity index (χ4n) is 2.75. The summed E-state index contributed by atoms with van der Waals surface area (Å²) in [4.78, 5) is 18.2. The number of nitrogens with zero attached hydrogens (tertiary/aromatic N) is 2. The number of benzene rings is 2. The van der Waals surface area contributed by atoms with E-state index >= 15 is 0 Å². The number of fused-ring (bicyclic) bond motifs is 1. The van der Waals surface area contributed by atoms with Crippen LogP contribution >= 0.6 is 0 Å². The van der Waals surface area contributed by atoms with Gasteiger partial charge in [0.1, 0.15) is 11.4 Å². The van der Waals surface area contributed by atoms with Crippen molar-refractivity contribution < 1.29 is 33.8 Å². The van der Waals surface area contributed by atoms with E-state index in [4.69, 9.17) is 29.5 Å². The van der Waals surface area contributed by atoms with Gasteiger partial charge in [-0.25, -0.2) is 9.97 Å². The maximum absolute atomic E-state index is 12.8. The van der Waals surface area contributed by atoms with Crippen LogP contribution in [0.3, 0.4) is 0 Å². The van der Waals surface area contributed by atoms with E-state index in [1.807, 2.05) is 0 Å². The molecule has 1 unspecified atom stereocenters. The number of guanidine groups is 1. The van der Waals surface area contributed by atoms with E-state index in [0.717, 1.165) is 5.06 Å². The quantitative estimate of drug-likeness (QED) is 0.663. The summed E-state index contributed by atoms with van der Waals surface area (Å²) in [6.07, 6.45) is 0. The molecule has 0 aromatic heterocycles. The summed E-state index contributed by atoms with van der Waals surface area (Å²) < 4.78 is 20.8. The van der Waals surface area contributed by atoms with Gasteiger partial charge in [0, 0.05) is 6.07 Å². The smallest absolute Gasteiger partial charge is 0.364 e. The first-order valence-corrected chi connectivity index (χ1v) is 8.32. The first kappa shape index (κ1) is 20.0. The van der Waals surface area contributed by atoms with Crippen LogP contribution in [0.4, 0.5) is 11.4 Å². The zero-order valence-corrected chi connectivity index (χ0v) is 16.2. The number of hydrogen-bond donors (Lipinski definition) is 2. The van der Waals surface area contributed by atoms with Crippen LogP contribution in [-0.2, 0) is 4.84 Å². The second kappa shape index (κ2) is 8.12. The molecule has 0 amide bonds. The number of hydrogen-bond acceptors (Lipinski definition) is 10. The molecule has 0 saturated heterocycles. The lowest BCUT2D eigenvalue weighted by Crippen LogP contribution is -2.98. The molecule has 1 heterocycles. The van der Waals surface area contributed by atoms with E-state index in [1.54, 1.807) is 6.07 Å². The van der Waals surface area contributed by atoms with Crippen molar-refractivity contribution in [1.29, 1.82) is 0 Å². The Labute approximate surface area is 166 Å². The van der Waals surface area contributed by atoms with Gasteiger partial charge in [-0.05, 0) is 29.4 Å². The van der Waals surface area contributed by atoms with Crippen molar-refractivity contribution >= 4 is 23.3 Å². The molecule has 29 heavy (non-hydrogen) atoms. The van der Waals surface area contributed by atoms with E-state index in [9.17, 15) is 10.0 Å². The summed E-state index contributed by atoms with van der Waals surface area (Å²) in [5, 5.41) is 16.3. The molecule has 1 aliphatic rings. The highest BCUT2D eigenvalue weighted by Gasteiger charge is 2.30. The molecule has 3 N–H and O–H groups in total. The Morgan fingerprint density at radius 3 is 2.24 bits per heavy atom. The van der Waals surface area contributed by atoms with Crippen molar-refractivity contribution in [3.8, 4) is 23.0 Å². The molecule has 0 aliphatic carbocycles. The zero-order valence-electron chi connectivity index (χ0n) is 16.2. The second-order valence-electron chi connectivity index (χ2n) is 5.75. The molecule has 1 atom stereocenters. The summed E-state index contributed by atoms with van der Waals surface area (Å²) in [5.74, 6) is 0.267. The van der Waals surface area contributed by atoms with Crippen LogP contribution in [0.25, 0.3) is 0 Å². The predicted octanol–water partition coefficient (Wildman–Crippen LogP) is 0.557. The number of carbonyl (C=O) groups excluding carboxylic acids is 1. The van der Waals surface area contributed by atoms with Gasteiger partial charge in [-0.2, -0.15) is 0 Å². The first-order valence-electron chi connectivity index (χ1n) is 8.32. The van der Waals surface area contributed by atoms with Crippen molar-refractivity contribution in [2.45, 2.75) is 0 Å². The number of carbonyl (C=O) groups is 1. The number of anilines is 1. The molecule has 0 fully saturated rings. The number of quaternary nitrogens is 1. The molecule has 0 bridgehead atoms. The maximum atomic E-state index is 12.8. The number of nitrogens with two attached hydrogens (primary N) is 1. The van der Waals surface area contributed by atoms with Crippen molar-refractivity contribution in [2.75, 3.05) is 33.5 Å². The number of rotatable bonds is 6. The van der Waals surface area contributed by atoms with E-state index < -0.39 is 11.1 Å². The van der Waals surface area contributed by atoms with E-state index in [2.05, 4.69) is 5.10 Å². The monoisotopic (exact) mass is 404 g/mol. The van der Waals surface area contributed by atoms with E-state index in [1.165, 1.54) is 52.7 Å². The lowest BCUT2D eigenvalue weighted by Gasteiger charge is -2.30. The Bertz CT molecular complexity index is 938. The molecule has 1 aliphatic heterocycles. The molecule has 2 aromatic rings. The molecule has 11 heteroatoms. The van der Waals surface area contributed by atoms with Gasteiger partial charge in [0.15, 0.2) is 17.2 Å². The van der Waals surface area contributed by atoms with Gasteiger partial charge < -0.3 is 34.7 Å². The number of ether oxygens (including phenoxy) is 4. The van der Waals surface area contributed by atoms with Gasteiger partial charge in [-0.3, -0.25) is 0 Å². The van der Waals surface area contributed by atoms with Crippen LogP contribution in [0, 0.1) is 5.21 Å². The summed E-state index contributed by atoms with van der Waals surface area (Å²) in [6.45, 7) is 0. The minimum absolute atomic E-state index is 0.110. The fraction of sp³-hybridized carbons (Fsp3) is 0.222. The molecule has 11 nitrogen and oxygen atoms in total. The largest absolute Gasteiger partial charge is 0.601 e. The van der Waals surface area contributed by atoms with Crippen LogP contribution in [0.15, 0.2) is 35.4 Å². The third-order valence-electron chi connectivity index (χ3n) is 4.15. The SMILES string of the molecule is COc1ccc2c(c1)[NH+]([O-])N=C(N)N2OC(=O)c1cc(OC)c(OC)c(OC)c1. The highest BCUT2D eigenvalue weighted by molar-refractivity contribution is 6.00. The third-order valence-corrected chi connectivity index (χ3v) is 4.15. The van der Waals surface area contributed by atoms with Gasteiger partial charge in [0.25, 0.3) is 5.96 Å². The van der Waals surface area contributed by atoms with Crippen LogP contribution in [0.1, 0.15) is 10.4 Å². The van der Waals surface area contributed by atoms with Crippen molar-refractivity contribution in [1.82, 2.24) is 0 Å². The Balaban J connectivity index is 1.96. The Hall–Kier alpha value is -3.70. The molecular formula is C18H20N4O7. The average molecular weight is 404 g/mol. The van der Waals surface area contributed by atoms with Crippen molar-refractivity contribution in [3.63, 3.8) is 0 Å². The molecule has 0 saturated carbocycles. The Kier molecular flexibility index (Phi) is 5.61. The van der Waals surface area contributed by atoms with Crippen LogP contribution in [0.5, 0.6) is 23.0 Å². The Morgan fingerprint density at radius 1 is 1.03 bits per heavy atom. The highest BCUT2D eigenvalue weighted by Crippen LogP contribution is 2.38. The predicted molar refractivity (Wildman–Crippen MR) is 103 cm³/mol. The van der Waals surface area contributed by atoms with Gasteiger partial charge in [0.05, 0.1) is 34.0 Å². The lowest BCUT2D eigenvalue weighted by molar-refractivity contribution is -0.784. The summed E-state index contributed by atoms with van der Waals surface area (Å²) in [6, 6.07) is 7.48. The lowest BCUT2D eigenvalue weighted by atomic mass is 10.2. The fourth-order valence-corrected chi connectivity index (χ4v) is 2.75. The van der Waals surface area contributed by atoms with E-state index in [-0.39, 0.29) is 34.4 Å². The van der Waals surface area contributed by atoms with Crippen LogP contribution < -0.4 is 34.9 Å². The average Bonchev–Trinajstić information content (AvgIpc) is 2.74. The van der Waals surface area contributed by atoms with Gasteiger partial charge in [-0.1, -0.05) is 0 Å². The van der Waals surface area contributed by atoms with Crippen molar-refractivity contribution in [3.05, 3.63) is 41.1 Å². The number of methoxy groups -OCH3 is 4. The van der Waals surface area contributed by atoms with Crippen LogP contribution in [0.2, 0.25) is 0 Å². The standard InChI is InChI=1S/C18H20N4O7/c1-25-11-5-6-12-13(9-11)22(24)20-18(19)21(12)29-17(23)10-7-14(26-2)16(28-4)15(8-10)27-3/h5-9,22H,1-4H3,(H2,19,20). The number of hydroxylamine groups is 1. The molecule has 2 aromatic carbocycles. The third kappa shape index (κ3) is 3.68.